The van der Waals surface area contributed by atoms with Gasteiger partial charge in [-0.3, -0.25) is 0 Å². The first-order valence-corrected chi connectivity index (χ1v) is 3.58. The zero-order valence-corrected chi connectivity index (χ0v) is 6.52. The highest BCUT2D eigenvalue weighted by atomic mass is 14.9. The van der Waals surface area contributed by atoms with Crippen LogP contribution < -0.4 is 11.1 Å². The topological polar surface area (TPSA) is 38.0 Å². The summed E-state index contributed by atoms with van der Waals surface area (Å²) in [4.78, 5) is 0. The average molecular weight is 138 g/mol. The molecular formula is C8H14N2. The van der Waals surface area contributed by atoms with Crippen molar-refractivity contribution in [3.05, 3.63) is 23.4 Å². The van der Waals surface area contributed by atoms with E-state index in [0.29, 0.717) is 12.6 Å². The molecule has 2 heteroatoms. The molecule has 56 valence electrons. The Morgan fingerprint density at radius 2 is 2.40 bits per heavy atom. The van der Waals surface area contributed by atoms with Crippen molar-refractivity contribution >= 4 is 0 Å². The molecule has 0 saturated carbocycles. The van der Waals surface area contributed by atoms with Gasteiger partial charge in [-0.15, -0.1) is 0 Å². The highest BCUT2D eigenvalue weighted by molar-refractivity contribution is 5.33. The Hall–Kier alpha value is -0.760. The minimum absolute atomic E-state index is 0.454. The summed E-state index contributed by atoms with van der Waals surface area (Å²) in [7, 11) is 0. The second-order valence-electron chi connectivity index (χ2n) is 2.68. The van der Waals surface area contributed by atoms with Gasteiger partial charge >= 0.3 is 0 Å². The highest BCUT2D eigenvalue weighted by Crippen LogP contribution is 2.11. The van der Waals surface area contributed by atoms with Gasteiger partial charge in [0.1, 0.15) is 0 Å². The second kappa shape index (κ2) is 2.88. The number of nitrogens with one attached hydrogen (secondary N) is 1. The maximum atomic E-state index is 5.49. The third kappa shape index (κ3) is 1.39. The maximum Gasteiger partial charge on any atom is 0.0416 e. The van der Waals surface area contributed by atoms with Crippen LogP contribution in [0.15, 0.2) is 23.4 Å². The normalized spacial score (nSPS) is 24.9. The Balaban J connectivity index is 2.71. The Morgan fingerprint density at radius 3 is 2.90 bits per heavy atom. The molecular weight excluding hydrogens is 124 g/mol. The highest BCUT2D eigenvalue weighted by Gasteiger charge is 2.05. The largest absolute Gasteiger partial charge is 0.385 e. The summed E-state index contributed by atoms with van der Waals surface area (Å²) in [6.07, 6.45) is 4.18. The molecule has 0 fully saturated rings. The van der Waals surface area contributed by atoms with Crippen LogP contribution in [0, 0.1) is 0 Å². The molecule has 0 aromatic rings. The van der Waals surface area contributed by atoms with Gasteiger partial charge in [-0.2, -0.15) is 0 Å². The molecule has 1 aliphatic heterocycles. The van der Waals surface area contributed by atoms with Gasteiger partial charge in [-0.05, 0) is 25.0 Å². The molecule has 2 nitrogen and oxygen atoms in total. The molecule has 0 saturated heterocycles. The van der Waals surface area contributed by atoms with E-state index in [4.69, 9.17) is 5.73 Å². The van der Waals surface area contributed by atoms with Gasteiger partial charge in [-0.25, -0.2) is 0 Å². The van der Waals surface area contributed by atoms with Crippen molar-refractivity contribution in [1.82, 2.24) is 5.32 Å². The van der Waals surface area contributed by atoms with E-state index in [9.17, 15) is 0 Å². The third-order valence-electron chi connectivity index (χ3n) is 1.75. The number of nitrogens with two attached hydrogens (primary N) is 1. The fourth-order valence-corrected chi connectivity index (χ4v) is 1.10. The van der Waals surface area contributed by atoms with Crippen LogP contribution >= 0.6 is 0 Å². The summed E-state index contributed by atoms with van der Waals surface area (Å²) < 4.78 is 0. The lowest BCUT2D eigenvalue weighted by Gasteiger charge is -2.17. The van der Waals surface area contributed by atoms with Crippen LogP contribution in [-0.2, 0) is 0 Å². The average Bonchev–Trinajstić information content (AvgIpc) is 1.88. The van der Waals surface area contributed by atoms with Gasteiger partial charge in [0.15, 0.2) is 0 Å². The van der Waals surface area contributed by atoms with E-state index in [0.717, 1.165) is 0 Å². The van der Waals surface area contributed by atoms with Crippen LogP contribution in [0.2, 0.25) is 0 Å². The Labute approximate surface area is 61.8 Å². The first-order valence-electron chi connectivity index (χ1n) is 3.58. The molecule has 10 heavy (non-hydrogen) atoms. The first kappa shape index (κ1) is 7.35. The van der Waals surface area contributed by atoms with E-state index in [1.165, 1.54) is 11.1 Å². The van der Waals surface area contributed by atoms with Crippen molar-refractivity contribution in [1.29, 1.82) is 0 Å². The lowest BCUT2D eigenvalue weighted by atomic mass is 10.0. The smallest absolute Gasteiger partial charge is 0.0416 e. The van der Waals surface area contributed by atoms with Crippen molar-refractivity contribution in [2.75, 3.05) is 6.54 Å². The standard InChI is InChI=1S/C8H14N2/c1-6-3-7(2)10-5-8(6)4-9/h3,5,7,10H,4,9H2,1-2H3. The molecule has 1 rings (SSSR count). The third-order valence-corrected chi connectivity index (χ3v) is 1.75. The van der Waals surface area contributed by atoms with Crippen LogP contribution in [0.5, 0.6) is 0 Å². The molecule has 0 aliphatic carbocycles. The Bertz CT molecular complexity index is 180. The van der Waals surface area contributed by atoms with E-state index in [1.807, 2.05) is 6.20 Å². The summed E-state index contributed by atoms with van der Waals surface area (Å²) in [6, 6.07) is 0.454. The molecule has 3 N–H and O–H groups in total. The fourth-order valence-electron chi connectivity index (χ4n) is 1.10. The Kier molecular flexibility index (Phi) is 2.12. The fraction of sp³-hybridized carbons (Fsp3) is 0.500. The van der Waals surface area contributed by atoms with Crippen LogP contribution in [-0.4, -0.2) is 12.6 Å². The quantitative estimate of drug-likeness (QED) is 0.561. The number of hydrogen-bond donors (Lipinski definition) is 2. The lowest BCUT2D eigenvalue weighted by Crippen LogP contribution is -2.24. The van der Waals surface area contributed by atoms with Gasteiger partial charge in [0, 0.05) is 18.8 Å². The monoisotopic (exact) mass is 138 g/mol. The maximum absolute atomic E-state index is 5.49. The molecule has 0 aromatic carbocycles. The molecule has 1 heterocycles. The zero-order chi connectivity index (χ0) is 7.56. The van der Waals surface area contributed by atoms with Gasteiger partial charge in [-0.1, -0.05) is 6.08 Å². The van der Waals surface area contributed by atoms with Crippen LogP contribution in [0.3, 0.4) is 0 Å². The second-order valence-corrected chi connectivity index (χ2v) is 2.68. The molecule has 0 aromatic heterocycles. The summed E-state index contributed by atoms with van der Waals surface area (Å²) in [5.41, 5.74) is 8.00. The molecule has 0 amide bonds. The predicted octanol–water partition coefficient (Wildman–Crippen LogP) is 0.767. The zero-order valence-electron chi connectivity index (χ0n) is 6.52. The van der Waals surface area contributed by atoms with E-state index in [2.05, 4.69) is 25.2 Å². The van der Waals surface area contributed by atoms with E-state index in [-0.39, 0.29) is 0 Å². The number of hydrogen-bond acceptors (Lipinski definition) is 2. The SMILES string of the molecule is CC1=CC(C)NC=C1CN. The van der Waals surface area contributed by atoms with Crippen molar-refractivity contribution in [3.8, 4) is 0 Å². The number of rotatable bonds is 1. The molecule has 1 unspecified atom stereocenters. The predicted molar refractivity (Wildman–Crippen MR) is 43.5 cm³/mol. The summed E-state index contributed by atoms with van der Waals surface area (Å²) in [5, 5.41) is 3.19. The van der Waals surface area contributed by atoms with Crippen LogP contribution in [0.25, 0.3) is 0 Å². The summed E-state index contributed by atoms with van der Waals surface area (Å²) in [5.74, 6) is 0. The molecule has 0 spiro atoms. The molecule has 1 atom stereocenters. The first-order chi connectivity index (χ1) is 4.74. The minimum atomic E-state index is 0.454. The molecule has 1 aliphatic rings. The van der Waals surface area contributed by atoms with Gasteiger partial charge < -0.3 is 11.1 Å². The van der Waals surface area contributed by atoms with Crippen molar-refractivity contribution < 1.29 is 0 Å². The lowest BCUT2D eigenvalue weighted by molar-refractivity contribution is 0.740. The summed E-state index contributed by atoms with van der Waals surface area (Å²) >= 11 is 0. The van der Waals surface area contributed by atoms with Gasteiger partial charge in [0.05, 0.1) is 0 Å². The van der Waals surface area contributed by atoms with E-state index in [1.54, 1.807) is 0 Å². The Morgan fingerprint density at radius 1 is 1.70 bits per heavy atom. The van der Waals surface area contributed by atoms with Gasteiger partial charge in [0.25, 0.3) is 0 Å². The van der Waals surface area contributed by atoms with Gasteiger partial charge in [0.2, 0.25) is 0 Å². The van der Waals surface area contributed by atoms with Crippen molar-refractivity contribution in [3.63, 3.8) is 0 Å². The van der Waals surface area contributed by atoms with Crippen molar-refractivity contribution in [2.45, 2.75) is 19.9 Å². The van der Waals surface area contributed by atoms with E-state index < -0.39 is 0 Å². The van der Waals surface area contributed by atoms with Crippen molar-refractivity contribution in [2.24, 2.45) is 5.73 Å². The number of dihydropyridines is 1. The minimum Gasteiger partial charge on any atom is -0.385 e. The molecule has 0 bridgehead atoms. The van der Waals surface area contributed by atoms with Crippen LogP contribution in [0.4, 0.5) is 0 Å². The van der Waals surface area contributed by atoms with E-state index >= 15 is 0 Å². The summed E-state index contributed by atoms with van der Waals surface area (Å²) in [6.45, 7) is 4.84. The molecule has 0 radical (unpaired) electrons. The van der Waals surface area contributed by atoms with Crippen LogP contribution in [0.1, 0.15) is 13.8 Å².